The number of fused-ring (bicyclic) bond motifs is 1. The molecule has 1 aliphatic heterocycles. The Kier molecular flexibility index (Phi) is 3.95. The zero-order valence-corrected chi connectivity index (χ0v) is 13.5. The van der Waals surface area contributed by atoms with Gasteiger partial charge < -0.3 is 4.90 Å². The average molecular weight is 322 g/mol. The van der Waals surface area contributed by atoms with Crippen molar-refractivity contribution in [2.24, 2.45) is 13.0 Å². The molecule has 0 saturated heterocycles. The molecule has 1 aliphatic rings. The number of halogens is 1. The maximum atomic E-state index is 12.9. The molecule has 2 heterocycles. The van der Waals surface area contributed by atoms with Gasteiger partial charge in [-0.1, -0.05) is 18.5 Å². The van der Waals surface area contributed by atoms with Crippen LogP contribution >= 0.6 is 23.4 Å². The highest BCUT2D eigenvalue weighted by atomic mass is 35.5. The predicted molar refractivity (Wildman–Crippen MR) is 86.2 cm³/mol. The van der Waals surface area contributed by atoms with Crippen LogP contribution in [0.3, 0.4) is 0 Å². The van der Waals surface area contributed by atoms with E-state index in [2.05, 4.69) is 12.0 Å². The lowest BCUT2D eigenvalue weighted by molar-refractivity contribution is 0.0975. The molecule has 0 spiro atoms. The van der Waals surface area contributed by atoms with Crippen molar-refractivity contribution in [3.8, 4) is 0 Å². The summed E-state index contributed by atoms with van der Waals surface area (Å²) in [6.45, 7) is 2.84. The fraction of sp³-hybridized carbons (Fsp3) is 0.333. The molecule has 0 N–H and O–H groups in total. The van der Waals surface area contributed by atoms with Crippen LogP contribution in [-0.2, 0) is 7.05 Å². The Labute approximate surface area is 133 Å². The number of hydrogen-bond acceptors (Lipinski definition) is 3. The van der Waals surface area contributed by atoms with Gasteiger partial charge in [0.05, 0.1) is 5.69 Å². The summed E-state index contributed by atoms with van der Waals surface area (Å²) in [5, 5.41) is 4.73. The van der Waals surface area contributed by atoms with Crippen molar-refractivity contribution in [3.05, 3.63) is 41.2 Å². The Bertz CT molecular complexity index is 685. The minimum absolute atomic E-state index is 0.0344. The van der Waals surface area contributed by atoms with E-state index in [-0.39, 0.29) is 5.91 Å². The van der Waals surface area contributed by atoms with Gasteiger partial charge in [-0.05, 0) is 30.2 Å². The quantitative estimate of drug-likeness (QED) is 0.807. The molecule has 1 aromatic heterocycles. The van der Waals surface area contributed by atoms with Crippen molar-refractivity contribution in [2.45, 2.75) is 11.8 Å². The molecule has 2 aromatic rings. The predicted octanol–water partition coefficient (Wildman–Crippen LogP) is 3.46. The normalized spacial score (nSPS) is 18.2. The molecule has 0 saturated carbocycles. The van der Waals surface area contributed by atoms with Crippen LogP contribution in [0.25, 0.3) is 0 Å². The zero-order valence-electron chi connectivity index (χ0n) is 11.9. The molecule has 1 unspecified atom stereocenters. The summed E-state index contributed by atoms with van der Waals surface area (Å²) in [5.74, 6) is 1.37. The van der Waals surface area contributed by atoms with Crippen molar-refractivity contribution >= 4 is 35.0 Å². The molecule has 4 nitrogen and oxygen atoms in total. The first-order valence-corrected chi connectivity index (χ1v) is 8.15. The highest BCUT2D eigenvalue weighted by molar-refractivity contribution is 7.99. The number of amides is 1. The van der Waals surface area contributed by atoms with Crippen LogP contribution in [0.5, 0.6) is 0 Å². The Morgan fingerprint density at radius 2 is 2.24 bits per heavy atom. The van der Waals surface area contributed by atoms with Gasteiger partial charge in [0.1, 0.15) is 5.69 Å². The first kappa shape index (κ1) is 14.5. The van der Waals surface area contributed by atoms with Crippen LogP contribution in [0, 0.1) is 5.92 Å². The SMILES string of the molecule is CC1CSc2ccc(Cl)cc2N(C(=O)c2ccnn2C)C1. The number of aromatic nitrogens is 2. The third-order valence-electron chi connectivity index (χ3n) is 3.51. The standard InChI is InChI=1S/C15H16ClN3OS/c1-10-8-19(15(20)12-5-6-17-18(12)2)13-7-11(16)3-4-14(13)21-9-10/h3-7,10H,8-9H2,1-2H3. The molecule has 1 amide bonds. The number of benzene rings is 1. The summed E-state index contributed by atoms with van der Waals surface area (Å²) in [6, 6.07) is 7.48. The smallest absolute Gasteiger partial charge is 0.276 e. The molecule has 0 fully saturated rings. The topological polar surface area (TPSA) is 38.1 Å². The van der Waals surface area contributed by atoms with E-state index in [1.807, 2.05) is 23.1 Å². The van der Waals surface area contributed by atoms with E-state index < -0.39 is 0 Å². The summed E-state index contributed by atoms with van der Waals surface area (Å²) in [5.41, 5.74) is 1.48. The van der Waals surface area contributed by atoms with Crippen LogP contribution in [0.4, 0.5) is 5.69 Å². The summed E-state index contributed by atoms with van der Waals surface area (Å²) < 4.78 is 1.61. The van der Waals surface area contributed by atoms with E-state index >= 15 is 0 Å². The number of carbonyl (C=O) groups excluding carboxylic acids is 1. The van der Waals surface area contributed by atoms with E-state index in [9.17, 15) is 4.79 Å². The summed E-state index contributed by atoms with van der Waals surface area (Å²) in [6.07, 6.45) is 1.64. The second kappa shape index (κ2) is 5.73. The van der Waals surface area contributed by atoms with Crippen LogP contribution in [0.2, 0.25) is 5.02 Å². The van der Waals surface area contributed by atoms with Crippen molar-refractivity contribution in [2.75, 3.05) is 17.2 Å². The number of aryl methyl sites for hydroxylation is 1. The molecular weight excluding hydrogens is 306 g/mol. The Morgan fingerprint density at radius 3 is 2.95 bits per heavy atom. The molecule has 21 heavy (non-hydrogen) atoms. The van der Waals surface area contributed by atoms with E-state index in [0.29, 0.717) is 23.2 Å². The van der Waals surface area contributed by atoms with E-state index in [1.54, 1.807) is 35.8 Å². The van der Waals surface area contributed by atoms with Crippen molar-refractivity contribution in [3.63, 3.8) is 0 Å². The van der Waals surface area contributed by atoms with Gasteiger partial charge in [-0.15, -0.1) is 11.8 Å². The zero-order chi connectivity index (χ0) is 15.0. The van der Waals surface area contributed by atoms with E-state index in [0.717, 1.165) is 16.3 Å². The van der Waals surface area contributed by atoms with Crippen molar-refractivity contribution < 1.29 is 4.79 Å². The Morgan fingerprint density at radius 1 is 1.43 bits per heavy atom. The third-order valence-corrected chi connectivity index (χ3v) is 5.14. The second-order valence-corrected chi connectivity index (χ2v) is 6.78. The van der Waals surface area contributed by atoms with Gasteiger partial charge >= 0.3 is 0 Å². The second-order valence-electron chi connectivity index (χ2n) is 5.28. The van der Waals surface area contributed by atoms with Gasteiger partial charge in [0, 0.05) is 35.5 Å². The van der Waals surface area contributed by atoms with Crippen molar-refractivity contribution in [1.29, 1.82) is 0 Å². The number of hydrogen-bond donors (Lipinski definition) is 0. The minimum Gasteiger partial charge on any atom is -0.306 e. The van der Waals surface area contributed by atoms with Gasteiger partial charge in [-0.2, -0.15) is 5.10 Å². The summed E-state index contributed by atoms with van der Waals surface area (Å²) in [4.78, 5) is 15.8. The molecule has 0 bridgehead atoms. The lowest BCUT2D eigenvalue weighted by Gasteiger charge is -2.24. The average Bonchev–Trinajstić information content (AvgIpc) is 2.81. The highest BCUT2D eigenvalue weighted by Gasteiger charge is 2.27. The minimum atomic E-state index is -0.0344. The lowest BCUT2D eigenvalue weighted by Crippen LogP contribution is -2.35. The Balaban J connectivity index is 2.06. The summed E-state index contributed by atoms with van der Waals surface area (Å²) >= 11 is 7.90. The van der Waals surface area contributed by atoms with Crippen LogP contribution in [-0.4, -0.2) is 28.0 Å². The van der Waals surface area contributed by atoms with E-state index in [1.165, 1.54) is 0 Å². The molecule has 1 aromatic carbocycles. The molecular formula is C15H16ClN3OS. The molecule has 110 valence electrons. The lowest BCUT2D eigenvalue weighted by atomic mass is 10.1. The van der Waals surface area contributed by atoms with Gasteiger partial charge in [-0.25, -0.2) is 0 Å². The number of thioether (sulfide) groups is 1. The largest absolute Gasteiger partial charge is 0.306 e. The first-order valence-electron chi connectivity index (χ1n) is 6.78. The molecule has 3 rings (SSSR count). The van der Waals surface area contributed by atoms with Crippen LogP contribution < -0.4 is 4.90 Å². The first-order chi connectivity index (χ1) is 10.1. The van der Waals surface area contributed by atoms with Crippen LogP contribution in [0.15, 0.2) is 35.4 Å². The summed E-state index contributed by atoms with van der Waals surface area (Å²) in [7, 11) is 1.78. The van der Waals surface area contributed by atoms with Gasteiger partial charge in [0.15, 0.2) is 0 Å². The maximum absolute atomic E-state index is 12.9. The fourth-order valence-electron chi connectivity index (χ4n) is 2.43. The number of rotatable bonds is 1. The van der Waals surface area contributed by atoms with Gasteiger partial charge in [0.25, 0.3) is 5.91 Å². The number of nitrogens with zero attached hydrogens (tertiary/aromatic N) is 3. The maximum Gasteiger partial charge on any atom is 0.276 e. The monoisotopic (exact) mass is 321 g/mol. The molecule has 6 heteroatoms. The number of carbonyl (C=O) groups is 1. The molecule has 0 radical (unpaired) electrons. The highest BCUT2D eigenvalue weighted by Crippen LogP contribution is 2.37. The molecule has 1 atom stereocenters. The van der Waals surface area contributed by atoms with E-state index in [4.69, 9.17) is 11.6 Å². The van der Waals surface area contributed by atoms with Crippen LogP contribution in [0.1, 0.15) is 17.4 Å². The van der Waals surface area contributed by atoms with Gasteiger partial charge in [0.2, 0.25) is 0 Å². The Hall–Kier alpha value is -1.46. The van der Waals surface area contributed by atoms with Gasteiger partial charge in [-0.3, -0.25) is 9.48 Å². The van der Waals surface area contributed by atoms with Crippen molar-refractivity contribution in [1.82, 2.24) is 9.78 Å². The number of anilines is 1. The molecule has 0 aliphatic carbocycles. The fourth-order valence-corrected chi connectivity index (χ4v) is 3.65. The third kappa shape index (κ3) is 2.80.